The summed E-state index contributed by atoms with van der Waals surface area (Å²) in [4.78, 5) is 11.5. The van der Waals surface area contributed by atoms with Gasteiger partial charge in [0, 0.05) is 5.69 Å². The minimum absolute atomic E-state index is 0.0639. The van der Waals surface area contributed by atoms with Crippen molar-refractivity contribution in [3.63, 3.8) is 0 Å². The molecule has 0 aliphatic rings. The van der Waals surface area contributed by atoms with Crippen molar-refractivity contribution >= 4 is 11.6 Å². The molecule has 2 aromatic carbocycles. The van der Waals surface area contributed by atoms with Gasteiger partial charge in [-0.05, 0) is 30.2 Å². The van der Waals surface area contributed by atoms with E-state index >= 15 is 0 Å². The molecule has 0 aliphatic heterocycles. The number of hydrogen-bond acceptors (Lipinski definition) is 3. The van der Waals surface area contributed by atoms with E-state index in [4.69, 9.17) is 5.11 Å². The maximum atomic E-state index is 11.5. The minimum atomic E-state index is -0.687. The zero-order chi connectivity index (χ0) is 15.2. The van der Waals surface area contributed by atoms with Gasteiger partial charge in [-0.3, -0.25) is 4.79 Å². The maximum Gasteiger partial charge on any atom is 0.226 e. The number of amides is 1. The molecule has 4 nitrogen and oxygen atoms in total. The summed E-state index contributed by atoms with van der Waals surface area (Å²) in [5.74, 6) is -0.235. The second-order valence-electron chi connectivity index (χ2n) is 5.04. The van der Waals surface area contributed by atoms with Crippen molar-refractivity contribution in [1.29, 1.82) is 0 Å². The third-order valence-electron chi connectivity index (χ3n) is 3.11. The normalized spacial score (nSPS) is 13.5. The molecule has 0 aromatic heterocycles. The van der Waals surface area contributed by atoms with Crippen LogP contribution in [0, 0.1) is 0 Å². The molecular weight excluding hydrogens is 266 g/mol. The Kier molecular flexibility index (Phi) is 5.09. The Bertz CT molecular complexity index is 579. The molecule has 3 N–H and O–H groups in total. The van der Waals surface area contributed by atoms with Gasteiger partial charge in [-0.25, -0.2) is 0 Å². The first-order chi connectivity index (χ1) is 10.1. The number of carbonyl (C=O) groups excluding carboxylic acids is 1. The Morgan fingerprint density at radius 1 is 1.00 bits per heavy atom. The fraction of sp³-hybridized carbons (Fsp3) is 0.235. The zero-order valence-corrected chi connectivity index (χ0v) is 11.9. The summed E-state index contributed by atoms with van der Waals surface area (Å²) in [5.41, 5.74) is 2.22. The van der Waals surface area contributed by atoms with Crippen LogP contribution in [-0.4, -0.2) is 22.2 Å². The number of rotatable bonds is 5. The van der Waals surface area contributed by atoms with E-state index in [-0.39, 0.29) is 12.3 Å². The molecule has 4 heteroatoms. The molecule has 0 heterocycles. The van der Waals surface area contributed by atoms with E-state index in [0.29, 0.717) is 5.69 Å². The number of carbonyl (C=O) groups is 1. The lowest BCUT2D eigenvalue weighted by Gasteiger charge is -2.12. The first-order valence-electron chi connectivity index (χ1n) is 6.87. The molecule has 0 aliphatic carbocycles. The van der Waals surface area contributed by atoms with Crippen LogP contribution in [0.1, 0.15) is 30.6 Å². The van der Waals surface area contributed by atoms with Crippen molar-refractivity contribution in [3.05, 3.63) is 65.7 Å². The van der Waals surface area contributed by atoms with E-state index < -0.39 is 12.2 Å². The van der Waals surface area contributed by atoms with Gasteiger partial charge in [-0.15, -0.1) is 0 Å². The van der Waals surface area contributed by atoms with Crippen LogP contribution in [0.4, 0.5) is 5.69 Å². The van der Waals surface area contributed by atoms with E-state index in [0.717, 1.165) is 11.1 Å². The summed E-state index contributed by atoms with van der Waals surface area (Å²) in [6.07, 6.45) is -1.29. The molecule has 1 amide bonds. The minimum Gasteiger partial charge on any atom is -0.393 e. The van der Waals surface area contributed by atoms with Crippen LogP contribution in [0.3, 0.4) is 0 Å². The average Bonchev–Trinajstić information content (AvgIpc) is 2.47. The van der Waals surface area contributed by atoms with Crippen molar-refractivity contribution in [1.82, 2.24) is 0 Å². The molecule has 0 saturated heterocycles. The van der Waals surface area contributed by atoms with Crippen molar-refractivity contribution < 1.29 is 15.0 Å². The Balaban J connectivity index is 2.04. The number of nitrogens with one attached hydrogen (secondary N) is 1. The van der Waals surface area contributed by atoms with Crippen LogP contribution < -0.4 is 5.32 Å². The molecule has 0 spiro atoms. The van der Waals surface area contributed by atoms with Crippen LogP contribution >= 0.6 is 0 Å². The number of anilines is 1. The molecule has 2 unspecified atom stereocenters. The molecule has 2 aromatic rings. The lowest BCUT2D eigenvalue weighted by Crippen LogP contribution is -2.17. The van der Waals surface area contributed by atoms with Crippen molar-refractivity contribution in [2.24, 2.45) is 0 Å². The largest absolute Gasteiger partial charge is 0.393 e. The monoisotopic (exact) mass is 285 g/mol. The Morgan fingerprint density at radius 3 is 2.14 bits per heavy atom. The highest BCUT2D eigenvalue weighted by atomic mass is 16.3. The first-order valence-corrected chi connectivity index (χ1v) is 6.87. The molecule has 0 radical (unpaired) electrons. The summed E-state index contributed by atoms with van der Waals surface area (Å²) < 4.78 is 0. The Hall–Kier alpha value is -2.17. The summed E-state index contributed by atoms with van der Waals surface area (Å²) in [7, 11) is 0. The van der Waals surface area contributed by atoms with Gasteiger partial charge in [-0.2, -0.15) is 0 Å². The smallest absolute Gasteiger partial charge is 0.226 e. The summed E-state index contributed by atoms with van der Waals surface area (Å²) >= 11 is 0. The van der Waals surface area contributed by atoms with Gasteiger partial charge in [0.25, 0.3) is 0 Å². The number of hydrogen-bond donors (Lipinski definition) is 3. The SMILES string of the molecule is CC(O)CC(=O)Nc1ccc(C(O)c2ccccc2)cc1. The van der Waals surface area contributed by atoms with E-state index in [1.54, 1.807) is 31.2 Å². The predicted octanol–water partition coefficient (Wildman–Crippen LogP) is 2.48. The van der Waals surface area contributed by atoms with Crippen LogP contribution in [0.2, 0.25) is 0 Å². The molecule has 0 fully saturated rings. The molecule has 2 rings (SSSR count). The maximum absolute atomic E-state index is 11.5. The standard InChI is InChI=1S/C17H19NO3/c1-12(19)11-16(20)18-15-9-7-14(8-10-15)17(21)13-5-3-2-4-6-13/h2-10,12,17,19,21H,11H2,1H3,(H,18,20). The quantitative estimate of drug-likeness (QED) is 0.790. The summed E-state index contributed by atoms with van der Waals surface area (Å²) in [5, 5.41) is 22.1. The predicted molar refractivity (Wildman–Crippen MR) is 81.9 cm³/mol. The van der Waals surface area contributed by atoms with Crippen molar-refractivity contribution in [3.8, 4) is 0 Å². The molecule has 0 saturated carbocycles. The van der Waals surface area contributed by atoms with Crippen LogP contribution in [-0.2, 0) is 4.79 Å². The van der Waals surface area contributed by atoms with E-state index in [2.05, 4.69) is 5.32 Å². The van der Waals surface area contributed by atoms with E-state index in [1.165, 1.54) is 0 Å². The Labute approximate surface area is 124 Å². The molecule has 2 atom stereocenters. The van der Waals surface area contributed by atoms with Crippen molar-refractivity contribution in [2.45, 2.75) is 25.6 Å². The summed E-state index contributed by atoms with van der Waals surface area (Å²) in [6, 6.07) is 16.4. The second-order valence-corrected chi connectivity index (χ2v) is 5.04. The number of benzene rings is 2. The fourth-order valence-corrected chi connectivity index (χ4v) is 2.06. The van der Waals surface area contributed by atoms with E-state index in [1.807, 2.05) is 30.3 Å². The molecule has 21 heavy (non-hydrogen) atoms. The number of aliphatic hydroxyl groups is 2. The van der Waals surface area contributed by atoms with Gasteiger partial charge >= 0.3 is 0 Å². The highest BCUT2D eigenvalue weighted by Crippen LogP contribution is 2.23. The third kappa shape index (κ3) is 4.41. The van der Waals surface area contributed by atoms with Crippen LogP contribution in [0.5, 0.6) is 0 Å². The van der Waals surface area contributed by atoms with Gasteiger partial charge in [0.05, 0.1) is 12.5 Å². The highest BCUT2D eigenvalue weighted by molar-refractivity contribution is 5.90. The third-order valence-corrected chi connectivity index (χ3v) is 3.11. The second kappa shape index (κ2) is 7.02. The highest BCUT2D eigenvalue weighted by Gasteiger charge is 2.10. The van der Waals surface area contributed by atoms with Crippen LogP contribution in [0.25, 0.3) is 0 Å². The van der Waals surface area contributed by atoms with Gasteiger partial charge in [-0.1, -0.05) is 42.5 Å². The lowest BCUT2D eigenvalue weighted by atomic mass is 10.0. The first kappa shape index (κ1) is 15.2. The zero-order valence-electron chi connectivity index (χ0n) is 11.9. The van der Waals surface area contributed by atoms with Crippen LogP contribution in [0.15, 0.2) is 54.6 Å². The average molecular weight is 285 g/mol. The topological polar surface area (TPSA) is 69.6 Å². The van der Waals surface area contributed by atoms with Gasteiger partial charge < -0.3 is 15.5 Å². The summed E-state index contributed by atoms with van der Waals surface area (Å²) in [6.45, 7) is 1.57. The van der Waals surface area contributed by atoms with Crippen molar-refractivity contribution in [2.75, 3.05) is 5.32 Å². The van der Waals surface area contributed by atoms with Gasteiger partial charge in [0.15, 0.2) is 0 Å². The molecule has 0 bridgehead atoms. The number of aliphatic hydroxyl groups excluding tert-OH is 2. The Morgan fingerprint density at radius 2 is 1.57 bits per heavy atom. The molecule has 110 valence electrons. The fourth-order valence-electron chi connectivity index (χ4n) is 2.06. The lowest BCUT2D eigenvalue weighted by molar-refractivity contribution is -0.117. The molecular formula is C17H19NO3. The van der Waals surface area contributed by atoms with Gasteiger partial charge in [0.2, 0.25) is 5.91 Å². The van der Waals surface area contributed by atoms with E-state index in [9.17, 15) is 9.90 Å². The van der Waals surface area contributed by atoms with Gasteiger partial charge in [0.1, 0.15) is 6.10 Å².